The standard InChI is InChI=1S/C10H8BrNO2/c1-14-9-3-2-6-12-8(9)5-4-7(11)10(12)13/h2-6H,1H3. The van der Waals surface area contributed by atoms with Crippen LogP contribution in [0.25, 0.3) is 5.52 Å². The quantitative estimate of drug-likeness (QED) is 0.779. The van der Waals surface area contributed by atoms with Gasteiger partial charge in [0.05, 0.1) is 17.1 Å². The Balaban J connectivity index is 2.93. The first-order valence-electron chi connectivity index (χ1n) is 4.08. The molecule has 0 unspecified atom stereocenters. The Labute approximate surface area is 89.1 Å². The first-order chi connectivity index (χ1) is 6.74. The van der Waals surface area contributed by atoms with Crippen molar-refractivity contribution in [1.29, 1.82) is 0 Å². The molecule has 2 heterocycles. The van der Waals surface area contributed by atoms with Gasteiger partial charge in [-0.05, 0) is 40.2 Å². The van der Waals surface area contributed by atoms with Crippen LogP contribution in [-0.4, -0.2) is 11.5 Å². The van der Waals surface area contributed by atoms with E-state index >= 15 is 0 Å². The van der Waals surface area contributed by atoms with Crippen molar-refractivity contribution in [2.24, 2.45) is 0 Å². The van der Waals surface area contributed by atoms with Gasteiger partial charge >= 0.3 is 0 Å². The monoisotopic (exact) mass is 253 g/mol. The highest BCUT2D eigenvalue weighted by atomic mass is 79.9. The highest BCUT2D eigenvalue weighted by molar-refractivity contribution is 9.10. The van der Waals surface area contributed by atoms with E-state index in [-0.39, 0.29) is 5.56 Å². The summed E-state index contributed by atoms with van der Waals surface area (Å²) in [6, 6.07) is 7.16. The van der Waals surface area contributed by atoms with Crippen LogP contribution in [-0.2, 0) is 0 Å². The van der Waals surface area contributed by atoms with E-state index in [1.165, 1.54) is 0 Å². The van der Waals surface area contributed by atoms with Gasteiger partial charge in [0.2, 0.25) is 0 Å². The predicted octanol–water partition coefficient (Wildman–Crippen LogP) is 2.07. The second-order valence-corrected chi connectivity index (χ2v) is 3.67. The fourth-order valence-corrected chi connectivity index (χ4v) is 1.67. The molecule has 0 spiro atoms. The molecule has 72 valence electrons. The highest BCUT2D eigenvalue weighted by Gasteiger charge is 2.03. The molecule has 14 heavy (non-hydrogen) atoms. The summed E-state index contributed by atoms with van der Waals surface area (Å²) in [5.74, 6) is 0.692. The van der Waals surface area contributed by atoms with Gasteiger partial charge in [-0.1, -0.05) is 0 Å². The number of hydrogen-bond donors (Lipinski definition) is 0. The number of nitrogens with zero attached hydrogens (tertiary/aromatic N) is 1. The number of methoxy groups -OCH3 is 1. The molecule has 0 bridgehead atoms. The number of hydrogen-bond acceptors (Lipinski definition) is 2. The summed E-state index contributed by atoms with van der Waals surface area (Å²) in [7, 11) is 1.59. The van der Waals surface area contributed by atoms with Gasteiger partial charge in [0, 0.05) is 6.20 Å². The van der Waals surface area contributed by atoms with Crippen molar-refractivity contribution in [3.63, 3.8) is 0 Å². The lowest BCUT2D eigenvalue weighted by molar-refractivity contribution is 0.417. The summed E-state index contributed by atoms with van der Waals surface area (Å²) >= 11 is 3.19. The Kier molecular flexibility index (Phi) is 2.29. The number of pyridine rings is 2. The average Bonchev–Trinajstić information content (AvgIpc) is 2.23. The molecule has 2 aromatic rings. The van der Waals surface area contributed by atoms with Crippen LogP contribution in [0.3, 0.4) is 0 Å². The number of rotatable bonds is 1. The van der Waals surface area contributed by atoms with E-state index in [0.29, 0.717) is 10.2 Å². The third kappa shape index (κ3) is 1.32. The van der Waals surface area contributed by atoms with Gasteiger partial charge in [0.1, 0.15) is 5.75 Å². The number of ether oxygens (including phenoxy) is 1. The minimum atomic E-state index is -0.0820. The maximum atomic E-state index is 11.7. The van der Waals surface area contributed by atoms with Crippen molar-refractivity contribution in [2.75, 3.05) is 7.11 Å². The zero-order valence-electron chi connectivity index (χ0n) is 7.53. The van der Waals surface area contributed by atoms with Gasteiger partial charge < -0.3 is 4.74 Å². The lowest BCUT2D eigenvalue weighted by Gasteiger charge is -2.05. The van der Waals surface area contributed by atoms with E-state index in [2.05, 4.69) is 15.9 Å². The Morgan fingerprint density at radius 1 is 1.36 bits per heavy atom. The van der Waals surface area contributed by atoms with Crippen LogP contribution in [0.4, 0.5) is 0 Å². The summed E-state index contributed by atoms with van der Waals surface area (Å²) in [4.78, 5) is 11.7. The summed E-state index contributed by atoms with van der Waals surface area (Å²) < 4.78 is 7.24. The van der Waals surface area contributed by atoms with Gasteiger partial charge in [-0.25, -0.2) is 0 Å². The van der Waals surface area contributed by atoms with Crippen molar-refractivity contribution < 1.29 is 4.74 Å². The van der Waals surface area contributed by atoms with Crippen LogP contribution in [0.15, 0.2) is 39.7 Å². The fourth-order valence-electron chi connectivity index (χ4n) is 1.35. The molecule has 2 aromatic heterocycles. The molecule has 0 saturated carbocycles. The summed E-state index contributed by atoms with van der Waals surface area (Å²) in [5, 5.41) is 0. The third-order valence-corrected chi connectivity index (χ3v) is 2.63. The summed E-state index contributed by atoms with van der Waals surface area (Å²) in [6.07, 6.45) is 1.71. The molecule has 0 N–H and O–H groups in total. The Morgan fingerprint density at radius 3 is 2.86 bits per heavy atom. The lowest BCUT2D eigenvalue weighted by Crippen LogP contribution is -2.13. The van der Waals surface area contributed by atoms with E-state index in [1.807, 2.05) is 12.1 Å². The first-order valence-corrected chi connectivity index (χ1v) is 4.87. The van der Waals surface area contributed by atoms with E-state index in [4.69, 9.17) is 4.74 Å². The molecule has 3 nitrogen and oxygen atoms in total. The minimum Gasteiger partial charge on any atom is -0.495 e. The van der Waals surface area contributed by atoms with Crippen LogP contribution in [0, 0.1) is 0 Å². The maximum absolute atomic E-state index is 11.7. The molecule has 0 radical (unpaired) electrons. The van der Waals surface area contributed by atoms with E-state index in [9.17, 15) is 4.79 Å². The molecule has 0 saturated heterocycles. The van der Waals surface area contributed by atoms with Gasteiger partial charge in [-0.3, -0.25) is 9.20 Å². The molecule has 0 aromatic carbocycles. The van der Waals surface area contributed by atoms with Crippen molar-refractivity contribution >= 4 is 21.4 Å². The normalized spacial score (nSPS) is 10.4. The van der Waals surface area contributed by atoms with Gasteiger partial charge in [0.25, 0.3) is 5.56 Å². The van der Waals surface area contributed by atoms with Crippen LogP contribution in [0.5, 0.6) is 5.75 Å². The largest absolute Gasteiger partial charge is 0.495 e. The second-order valence-electron chi connectivity index (χ2n) is 2.82. The molecule has 0 aliphatic rings. The second kappa shape index (κ2) is 3.46. The van der Waals surface area contributed by atoms with Crippen LogP contribution < -0.4 is 10.3 Å². The van der Waals surface area contributed by atoms with Crippen molar-refractivity contribution in [1.82, 2.24) is 4.40 Å². The molecule has 4 heteroatoms. The van der Waals surface area contributed by atoms with Gasteiger partial charge in [-0.15, -0.1) is 0 Å². The van der Waals surface area contributed by atoms with Crippen LogP contribution >= 0.6 is 15.9 Å². The third-order valence-electron chi connectivity index (χ3n) is 2.03. The summed E-state index contributed by atoms with van der Waals surface area (Å²) in [6.45, 7) is 0. The average molecular weight is 254 g/mol. The maximum Gasteiger partial charge on any atom is 0.269 e. The molecule has 0 fully saturated rings. The highest BCUT2D eigenvalue weighted by Crippen LogP contribution is 2.18. The van der Waals surface area contributed by atoms with Gasteiger partial charge in [-0.2, -0.15) is 0 Å². The van der Waals surface area contributed by atoms with Crippen molar-refractivity contribution in [3.05, 3.63) is 45.3 Å². The Hall–Kier alpha value is -1.29. The van der Waals surface area contributed by atoms with Crippen LogP contribution in [0.1, 0.15) is 0 Å². The van der Waals surface area contributed by atoms with Crippen LogP contribution in [0.2, 0.25) is 0 Å². The smallest absolute Gasteiger partial charge is 0.269 e. The number of halogens is 1. The van der Waals surface area contributed by atoms with Crippen molar-refractivity contribution in [3.8, 4) is 5.75 Å². The molecule has 0 atom stereocenters. The number of aromatic nitrogens is 1. The molecule has 0 amide bonds. The Morgan fingerprint density at radius 2 is 2.14 bits per heavy atom. The lowest BCUT2D eigenvalue weighted by atomic mass is 10.3. The SMILES string of the molecule is COc1cccn2c(=O)c(Br)ccc12. The predicted molar refractivity (Wildman–Crippen MR) is 57.9 cm³/mol. The van der Waals surface area contributed by atoms with E-state index in [1.54, 1.807) is 29.8 Å². The molecule has 2 rings (SSSR count). The van der Waals surface area contributed by atoms with Gasteiger partial charge in [0.15, 0.2) is 0 Å². The molecular formula is C10H8BrNO2. The minimum absolute atomic E-state index is 0.0820. The molecular weight excluding hydrogens is 246 g/mol. The summed E-state index contributed by atoms with van der Waals surface area (Å²) in [5.41, 5.74) is 0.685. The van der Waals surface area contributed by atoms with E-state index in [0.717, 1.165) is 5.52 Å². The number of fused-ring (bicyclic) bond motifs is 1. The fraction of sp³-hybridized carbons (Fsp3) is 0.100. The topological polar surface area (TPSA) is 30.7 Å². The Bertz CT molecular complexity index is 533. The first kappa shape index (κ1) is 9.27. The van der Waals surface area contributed by atoms with E-state index < -0.39 is 0 Å². The molecule has 0 aliphatic heterocycles. The van der Waals surface area contributed by atoms with Crippen molar-refractivity contribution in [2.45, 2.75) is 0 Å². The molecule has 0 aliphatic carbocycles. The zero-order chi connectivity index (χ0) is 10.1. The zero-order valence-corrected chi connectivity index (χ0v) is 9.11.